The van der Waals surface area contributed by atoms with Gasteiger partial charge in [-0.2, -0.15) is 0 Å². The lowest BCUT2D eigenvalue weighted by atomic mass is 9.63. The Kier molecular flexibility index (Phi) is 9.96. The van der Waals surface area contributed by atoms with Crippen molar-refractivity contribution in [3.8, 4) is 0 Å². The van der Waals surface area contributed by atoms with Gasteiger partial charge >= 0.3 is 12.2 Å². The zero-order valence-corrected chi connectivity index (χ0v) is 29.2. The Balaban J connectivity index is 1.35. The lowest BCUT2D eigenvalue weighted by Crippen LogP contribution is -2.52. The molecule has 4 aromatic carbocycles. The van der Waals surface area contributed by atoms with Gasteiger partial charge in [-0.1, -0.05) is 100 Å². The smallest absolute Gasteiger partial charge is 0.424 e. The average Bonchev–Trinajstić information content (AvgIpc) is 3.38. The fraction of sp³-hybridized carbons (Fsp3) is 0.243. The Hall–Kier alpha value is -4.12. The number of nitrogens with zero attached hydrogens (tertiary/aromatic N) is 2. The first-order valence-electron chi connectivity index (χ1n) is 15.6. The van der Waals surface area contributed by atoms with Crippen LogP contribution in [-0.2, 0) is 38.1 Å². The number of carbonyl (C=O) groups excluding carboxylic acids is 2. The van der Waals surface area contributed by atoms with Crippen LogP contribution >= 0.6 is 27.5 Å². The Morgan fingerprint density at radius 2 is 1.54 bits per heavy atom. The van der Waals surface area contributed by atoms with Crippen molar-refractivity contribution in [2.24, 2.45) is 0 Å². The van der Waals surface area contributed by atoms with E-state index >= 15 is 0 Å². The molecule has 2 amide bonds. The van der Waals surface area contributed by atoms with E-state index in [0.717, 1.165) is 31.9 Å². The molecule has 0 spiro atoms. The molecular weight excluding hydrogens is 716 g/mol. The lowest BCUT2D eigenvalue weighted by molar-refractivity contribution is 0.116. The van der Waals surface area contributed by atoms with Gasteiger partial charge in [0.15, 0.2) is 0 Å². The fourth-order valence-electron chi connectivity index (χ4n) is 6.78. The van der Waals surface area contributed by atoms with Crippen LogP contribution < -0.4 is 4.90 Å². The van der Waals surface area contributed by atoms with Crippen LogP contribution in [0.5, 0.6) is 0 Å². The summed E-state index contributed by atoms with van der Waals surface area (Å²) in [7, 11) is -4.37. The molecule has 0 bridgehead atoms. The minimum absolute atomic E-state index is 0.0965. The number of halogens is 2. The largest absolute Gasteiger partial charge is 0.444 e. The highest BCUT2D eigenvalue weighted by Crippen LogP contribution is 2.57. The van der Waals surface area contributed by atoms with Crippen LogP contribution in [0.3, 0.4) is 0 Å². The molecule has 1 aliphatic carbocycles. The number of sulfonamides is 1. The number of fused-ring (bicyclic) bond motifs is 3. The van der Waals surface area contributed by atoms with Crippen LogP contribution in [0, 0.1) is 0 Å². The number of benzene rings is 4. The van der Waals surface area contributed by atoms with Crippen molar-refractivity contribution in [2.75, 3.05) is 11.4 Å². The van der Waals surface area contributed by atoms with Crippen LogP contribution in [0.1, 0.15) is 42.4 Å². The van der Waals surface area contributed by atoms with Gasteiger partial charge in [0.25, 0.3) is 10.0 Å². The molecule has 0 radical (unpaired) electrons. The second kappa shape index (κ2) is 14.2. The van der Waals surface area contributed by atoms with Crippen LogP contribution in [0.25, 0.3) is 0 Å². The first-order valence-corrected chi connectivity index (χ1v) is 18.2. The molecule has 1 aliphatic heterocycles. The van der Waals surface area contributed by atoms with Gasteiger partial charge in [0.1, 0.15) is 13.2 Å². The Bertz CT molecular complexity index is 1920. The molecule has 248 valence electrons. The molecule has 6 rings (SSSR count). The number of rotatable bonds is 9. The van der Waals surface area contributed by atoms with E-state index in [-0.39, 0.29) is 31.1 Å². The summed E-state index contributed by atoms with van der Waals surface area (Å²) in [6, 6.07) is 29.4. The summed E-state index contributed by atoms with van der Waals surface area (Å²) >= 11 is 9.66. The highest BCUT2D eigenvalue weighted by molar-refractivity contribution is 9.10. The summed E-state index contributed by atoms with van der Waals surface area (Å²) in [5.41, 5.74) is 3.06. The van der Waals surface area contributed by atoms with Gasteiger partial charge in [-0.15, -0.1) is 0 Å². The lowest BCUT2D eigenvalue weighted by Gasteiger charge is -2.44. The van der Waals surface area contributed by atoms with Crippen LogP contribution in [0.2, 0.25) is 5.02 Å². The third-order valence-corrected chi connectivity index (χ3v) is 11.6. The number of anilines is 1. The first-order chi connectivity index (χ1) is 23.1. The first kappa shape index (κ1) is 33.8. The van der Waals surface area contributed by atoms with Crippen molar-refractivity contribution < 1.29 is 27.5 Å². The maximum Gasteiger partial charge on any atom is 0.424 e. The number of carbonyl (C=O) groups is 2. The maximum absolute atomic E-state index is 14.1. The van der Waals surface area contributed by atoms with E-state index in [1.165, 1.54) is 24.3 Å². The fourth-order valence-corrected chi connectivity index (χ4v) is 8.58. The second-order valence-electron chi connectivity index (χ2n) is 11.9. The van der Waals surface area contributed by atoms with Gasteiger partial charge in [0.05, 0.1) is 16.6 Å². The Morgan fingerprint density at radius 1 is 0.917 bits per heavy atom. The molecule has 0 unspecified atom stereocenters. The molecular formula is C37H34BrClN2O6S. The predicted octanol–water partition coefficient (Wildman–Crippen LogP) is 9.02. The van der Waals surface area contributed by atoms with Gasteiger partial charge in [0.2, 0.25) is 0 Å². The summed E-state index contributed by atoms with van der Waals surface area (Å²) in [4.78, 5) is 29.2. The van der Waals surface area contributed by atoms with Crippen LogP contribution in [0.15, 0.2) is 125 Å². The molecule has 0 aromatic heterocycles. The topological polar surface area (TPSA) is 93.2 Å². The van der Waals surface area contributed by atoms with Crippen molar-refractivity contribution in [1.29, 1.82) is 0 Å². The highest BCUT2D eigenvalue weighted by atomic mass is 79.9. The molecule has 1 fully saturated rings. The molecule has 8 nitrogen and oxygen atoms in total. The molecule has 48 heavy (non-hydrogen) atoms. The summed E-state index contributed by atoms with van der Waals surface area (Å²) < 4.78 is 41.2. The zero-order chi connectivity index (χ0) is 33.9. The molecule has 2 atom stereocenters. The SMILES string of the molecule is C=C1CCC[C@@H]2N(C(=O)OCc3ccccc3)c3ccc(Br)cc3[C@]12CCN(C(=O)OCc1ccccc1)S(=O)(=O)c1ccc(Cl)cc1. The van der Waals surface area contributed by atoms with E-state index < -0.39 is 33.7 Å². The third kappa shape index (κ3) is 6.61. The Labute approximate surface area is 294 Å². The van der Waals surface area contributed by atoms with Crippen molar-refractivity contribution in [2.45, 2.75) is 55.2 Å². The molecule has 0 N–H and O–H groups in total. The maximum atomic E-state index is 14.1. The van der Waals surface area contributed by atoms with Crippen molar-refractivity contribution in [3.05, 3.63) is 141 Å². The monoisotopic (exact) mass is 748 g/mol. The minimum Gasteiger partial charge on any atom is -0.444 e. The normalized spacial score (nSPS) is 18.5. The molecule has 0 saturated heterocycles. The quantitative estimate of drug-likeness (QED) is 0.159. The van der Waals surface area contributed by atoms with Crippen molar-refractivity contribution >= 4 is 55.4 Å². The predicted molar refractivity (Wildman–Crippen MR) is 188 cm³/mol. The second-order valence-corrected chi connectivity index (χ2v) is 15.1. The number of amides is 2. The summed E-state index contributed by atoms with van der Waals surface area (Å²) in [5.74, 6) is 0. The molecule has 2 aliphatic rings. The number of hydrogen-bond acceptors (Lipinski definition) is 6. The van der Waals surface area contributed by atoms with Gasteiger partial charge < -0.3 is 9.47 Å². The molecule has 1 saturated carbocycles. The van der Waals surface area contributed by atoms with E-state index in [9.17, 15) is 18.0 Å². The van der Waals surface area contributed by atoms with Crippen molar-refractivity contribution in [3.63, 3.8) is 0 Å². The standard InChI is InChI=1S/C37H34BrClN2O6S/c1-26-9-8-14-34-37(26,32-23-29(38)15-20-33(32)41(34)36(43)47-25-28-12-6-3-7-13-28)21-22-40(35(42)46-24-27-10-4-2-5-11-27)48(44,45)31-18-16-30(39)17-19-31/h2-7,10-13,15-20,23,34H,1,8-9,14,21-22,24-25H2/t34-,37-/m0/s1. The zero-order valence-electron chi connectivity index (χ0n) is 26.1. The van der Waals surface area contributed by atoms with Crippen LogP contribution in [0.4, 0.5) is 15.3 Å². The molecule has 1 heterocycles. The molecule has 4 aromatic rings. The minimum atomic E-state index is -4.37. The number of hydrogen-bond donors (Lipinski definition) is 0. The van der Waals surface area contributed by atoms with E-state index in [1.807, 2.05) is 66.7 Å². The highest BCUT2D eigenvalue weighted by Gasteiger charge is 2.56. The Morgan fingerprint density at radius 3 is 2.19 bits per heavy atom. The van der Waals surface area contributed by atoms with E-state index in [0.29, 0.717) is 29.1 Å². The molecule has 11 heteroatoms. The average molecular weight is 750 g/mol. The van der Waals surface area contributed by atoms with Crippen LogP contribution in [-0.4, -0.2) is 37.5 Å². The van der Waals surface area contributed by atoms with E-state index in [4.69, 9.17) is 21.1 Å². The third-order valence-electron chi connectivity index (χ3n) is 9.09. The summed E-state index contributed by atoms with van der Waals surface area (Å²) in [6.07, 6.45) is 0.753. The van der Waals surface area contributed by atoms with E-state index in [2.05, 4.69) is 22.5 Å². The summed E-state index contributed by atoms with van der Waals surface area (Å²) in [6.45, 7) is 4.24. The van der Waals surface area contributed by atoms with Gasteiger partial charge in [-0.3, -0.25) is 4.90 Å². The number of ether oxygens (including phenoxy) is 2. The van der Waals surface area contributed by atoms with Gasteiger partial charge in [-0.25, -0.2) is 22.3 Å². The van der Waals surface area contributed by atoms with Crippen molar-refractivity contribution in [1.82, 2.24) is 4.31 Å². The summed E-state index contributed by atoms with van der Waals surface area (Å²) in [5, 5.41) is 0.361. The van der Waals surface area contributed by atoms with Gasteiger partial charge in [-0.05, 0) is 84.8 Å². The van der Waals surface area contributed by atoms with Gasteiger partial charge in [0, 0.05) is 21.5 Å². The van der Waals surface area contributed by atoms with E-state index in [1.54, 1.807) is 17.0 Å².